The number of nitro groups is 1. The van der Waals surface area contributed by atoms with Gasteiger partial charge in [-0.3, -0.25) is 19.7 Å². The summed E-state index contributed by atoms with van der Waals surface area (Å²) in [5.41, 5.74) is 1.29. The number of hydrogen-bond donors (Lipinski definition) is 2. The zero-order valence-corrected chi connectivity index (χ0v) is 17.6. The van der Waals surface area contributed by atoms with Crippen LogP contribution in [0.5, 0.6) is 0 Å². The zero-order valence-electron chi connectivity index (χ0n) is 16.0. The summed E-state index contributed by atoms with van der Waals surface area (Å²) in [4.78, 5) is 37.2. The van der Waals surface area contributed by atoms with E-state index in [1.54, 1.807) is 0 Å². The lowest BCUT2D eigenvalue weighted by molar-refractivity contribution is -0.384. The molecule has 0 aliphatic heterocycles. The highest BCUT2D eigenvalue weighted by molar-refractivity contribution is 7.17. The summed E-state index contributed by atoms with van der Waals surface area (Å²) in [6, 6.07) is 3.72. The maximum absolute atomic E-state index is 12.8. The van der Waals surface area contributed by atoms with Crippen molar-refractivity contribution < 1.29 is 14.5 Å². The van der Waals surface area contributed by atoms with E-state index in [1.165, 1.54) is 23.5 Å². The molecule has 2 aromatic rings. The molecule has 2 N–H and O–H groups in total. The number of anilines is 1. The van der Waals surface area contributed by atoms with E-state index in [-0.39, 0.29) is 22.2 Å². The van der Waals surface area contributed by atoms with Gasteiger partial charge in [-0.05, 0) is 43.7 Å². The van der Waals surface area contributed by atoms with Gasteiger partial charge in [0.1, 0.15) is 5.00 Å². The third-order valence-corrected chi connectivity index (χ3v) is 6.38. The molecule has 0 radical (unpaired) electrons. The van der Waals surface area contributed by atoms with Gasteiger partial charge in [-0.25, -0.2) is 0 Å². The molecular formula is C20H22ClN3O4S. The van der Waals surface area contributed by atoms with Gasteiger partial charge in [0.15, 0.2) is 0 Å². The van der Waals surface area contributed by atoms with Gasteiger partial charge in [0.05, 0.1) is 21.1 Å². The minimum absolute atomic E-state index is 0.00424. The van der Waals surface area contributed by atoms with Gasteiger partial charge in [-0.1, -0.05) is 24.9 Å². The molecule has 1 aromatic heterocycles. The van der Waals surface area contributed by atoms with Gasteiger partial charge in [0.25, 0.3) is 17.5 Å². The molecule has 1 aromatic carbocycles. The molecule has 3 rings (SSSR count). The van der Waals surface area contributed by atoms with Crippen LogP contribution < -0.4 is 10.6 Å². The number of carbonyl (C=O) groups excluding carboxylic acids is 2. The molecule has 0 fully saturated rings. The molecule has 0 saturated heterocycles. The number of rotatable bonds is 7. The van der Waals surface area contributed by atoms with E-state index in [2.05, 4.69) is 10.6 Å². The van der Waals surface area contributed by atoms with Crippen LogP contribution in [0.15, 0.2) is 18.2 Å². The highest BCUT2D eigenvalue weighted by Crippen LogP contribution is 2.38. The summed E-state index contributed by atoms with van der Waals surface area (Å²) < 4.78 is 0. The van der Waals surface area contributed by atoms with E-state index in [4.69, 9.17) is 11.6 Å². The molecule has 154 valence electrons. The normalized spacial score (nSPS) is 12.9. The SMILES string of the molecule is CCCCNC(=O)c1c(NC(=O)c2cc([N+](=O)[O-])ccc2Cl)sc2c1CCCC2. The number of unbranched alkanes of at least 4 members (excludes halogenated alkanes) is 1. The third kappa shape index (κ3) is 4.76. The molecule has 0 bridgehead atoms. The lowest BCUT2D eigenvalue weighted by Crippen LogP contribution is -2.26. The first-order valence-electron chi connectivity index (χ1n) is 9.60. The number of carbonyl (C=O) groups is 2. The summed E-state index contributed by atoms with van der Waals surface area (Å²) in [6.45, 7) is 2.62. The van der Waals surface area contributed by atoms with Crippen molar-refractivity contribution in [3.63, 3.8) is 0 Å². The van der Waals surface area contributed by atoms with E-state index < -0.39 is 10.8 Å². The fraction of sp³-hybridized carbons (Fsp3) is 0.400. The van der Waals surface area contributed by atoms with E-state index in [9.17, 15) is 19.7 Å². The second-order valence-electron chi connectivity index (χ2n) is 6.90. The summed E-state index contributed by atoms with van der Waals surface area (Å²) in [5, 5.41) is 17.3. The predicted molar refractivity (Wildman–Crippen MR) is 114 cm³/mol. The lowest BCUT2D eigenvalue weighted by atomic mass is 9.95. The van der Waals surface area contributed by atoms with Crippen molar-refractivity contribution in [3.8, 4) is 0 Å². The number of hydrogen-bond acceptors (Lipinski definition) is 5. The minimum Gasteiger partial charge on any atom is -0.352 e. The van der Waals surface area contributed by atoms with Crippen molar-refractivity contribution in [2.24, 2.45) is 0 Å². The summed E-state index contributed by atoms with van der Waals surface area (Å²) in [6.07, 6.45) is 5.58. The van der Waals surface area contributed by atoms with Crippen molar-refractivity contribution in [3.05, 3.63) is 54.9 Å². The van der Waals surface area contributed by atoms with Gasteiger partial charge in [0.2, 0.25) is 0 Å². The fourth-order valence-electron chi connectivity index (χ4n) is 3.33. The quantitative estimate of drug-likeness (QED) is 0.364. The smallest absolute Gasteiger partial charge is 0.270 e. The zero-order chi connectivity index (χ0) is 21.0. The van der Waals surface area contributed by atoms with Crippen LogP contribution >= 0.6 is 22.9 Å². The van der Waals surface area contributed by atoms with Crippen molar-refractivity contribution >= 4 is 45.4 Å². The highest BCUT2D eigenvalue weighted by atomic mass is 35.5. The average Bonchev–Trinajstić information content (AvgIpc) is 3.05. The molecule has 0 atom stereocenters. The lowest BCUT2D eigenvalue weighted by Gasteiger charge is -2.13. The van der Waals surface area contributed by atoms with E-state index in [0.717, 1.165) is 55.0 Å². The summed E-state index contributed by atoms with van der Waals surface area (Å²) in [7, 11) is 0. The van der Waals surface area contributed by atoms with Crippen LogP contribution in [0.4, 0.5) is 10.7 Å². The summed E-state index contributed by atoms with van der Waals surface area (Å²) in [5.74, 6) is -0.766. The second kappa shape index (κ2) is 9.37. The van der Waals surface area contributed by atoms with Gasteiger partial charge >= 0.3 is 0 Å². The highest BCUT2D eigenvalue weighted by Gasteiger charge is 2.27. The van der Waals surface area contributed by atoms with Crippen molar-refractivity contribution in [1.82, 2.24) is 5.32 Å². The predicted octanol–water partition coefficient (Wildman–Crippen LogP) is 4.97. The molecule has 9 heteroatoms. The number of fused-ring (bicyclic) bond motifs is 1. The topological polar surface area (TPSA) is 101 Å². The Kier molecular flexibility index (Phi) is 6.87. The van der Waals surface area contributed by atoms with Crippen LogP contribution in [0.25, 0.3) is 0 Å². The molecule has 7 nitrogen and oxygen atoms in total. The van der Waals surface area contributed by atoms with Crippen molar-refractivity contribution in [2.45, 2.75) is 45.4 Å². The van der Waals surface area contributed by atoms with E-state index in [0.29, 0.717) is 17.1 Å². The number of nitrogens with zero attached hydrogens (tertiary/aromatic N) is 1. The van der Waals surface area contributed by atoms with Crippen molar-refractivity contribution in [1.29, 1.82) is 0 Å². The molecule has 1 aliphatic rings. The Bertz CT molecular complexity index is 957. The fourth-order valence-corrected chi connectivity index (χ4v) is 4.82. The molecule has 0 spiro atoms. The maximum atomic E-state index is 12.8. The Morgan fingerprint density at radius 2 is 2.00 bits per heavy atom. The monoisotopic (exact) mass is 435 g/mol. The second-order valence-corrected chi connectivity index (χ2v) is 8.41. The van der Waals surface area contributed by atoms with Gasteiger partial charge in [-0.2, -0.15) is 0 Å². The Labute approximate surface area is 177 Å². The van der Waals surface area contributed by atoms with Gasteiger partial charge in [0, 0.05) is 23.6 Å². The molecule has 0 saturated carbocycles. The van der Waals surface area contributed by atoms with Gasteiger partial charge < -0.3 is 10.6 Å². The van der Waals surface area contributed by atoms with E-state index in [1.807, 2.05) is 6.92 Å². The first kappa shape index (κ1) is 21.3. The third-order valence-electron chi connectivity index (χ3n) is 4.85. The molecule has 29 heavy (non-hydrogen) atoms. The largest absolute Gasteiger partial charge is 0.352 e. The number of amides is 2. The van der Waals surface area contributed by atoms with E-state index >= 15 is 0 Å². The Balaban J connectivity index is 1.91. The first-order valence-corrected chi connectivity index (χ1v) is 10.8. The van der Waals surface area contributed by atoms with Crippen LogP contribution in [0.2, 0.25) is 5.02 Å². The maximum Gasteiger partial charge on any atom is 0.270 e. The van der Waals surface area contributed by atoms with Crippen LogP contribution in [-0.4, -0.2) is 23.3 Å². The molecule has 1 aliphatic carbocycles. The molecule has 0 unspecified atom stereocenters. The van der Waals surface area contributed by atoms with Gasteiger partial charge in [-0.15, -0.1) is 11.3 Å². The molecule has 1 heterocycles. The number of nitro benzene ring substituents is 1. The number of non-ortho nitro benzene ring substituents is 1. The standard InChI is InChI=1S/C20H22ClN3O4S/c1-2-3-10-22-19(26)17-13-6-4-5-7-16(13)29-20(17)23-18(25)14-11-12(24(27)28)8-9-15(14)21/h8-9,11H,2-7,10H2,1H3,(H,22,26)(H,23,25). The Hall–Kier alpha value is -2.45. The number of aryl methyl sites for hydroxylation is 1. The molecule has 2 amide bonds. The summed E-state index contributed by atoms with van der Waals surface area (Å²) >= 11 is 7.49. The number of benzene rings is 1. The number of halogens is 1. The van der Waals surface area contributed by atoms with Crippen LogP contribution in [0.3, 0.4) is 0 Å². The average molecular weight is 436 g/mol. The van der Waals surface area contributed by atoms with Crippen LogP contribution in [0.1, 0.15) is 63.8 Å². The minimum atomic E-state index is -0.580. The number of nitrogens with one attached hydrogen (secondary N) is 2. The van der Waals surface area contributed by atoms with Crippen molar-refractivity contribution in [2.75, 3.05) is 11.9 Å². The number of thiophene rings is 1. The Morgan fingerprint density at radius 3 is 2.72 bits per heavy atom. The first-order chi connectivity index (χ1) is 13.9. The molecular weight excluding hydrogens is 414 g/mol. The van der Waals surface area contributed by atoms with Crippen LogP contribution in [0, 0.1) is 10.1 Å². The Morgan fingerprint density at radius 1 is 1.24 bits per heavy atom. The van der Waals surface area contributed by atoms with Crippen LogP contribution in [-0.2, 0) is 12.8 Å².